The molecule has 0 aromatic heterocycles. The zero-order valence-corrected chi connectivity index (χ0v) is 48.9. The lowest BCUT2D eigenvalue weighted by Crippen LogP contribution is -2.65. The van der Waals surface area contributed by atoms with Crippen molar-refractivity contribution in [3.8, 4) is 0 Å². The molecule has 2 aliphatic heterocycles. The maximum atomic E-state index is 15.2. The molecule has 10 aliphatic rings. The third kappa shape index (κ3) is 10.6. The number of fused-ring (bicyclic) bond motifs is 8. The van der Waals surface area contributed by atoms with Gasteiger partial charge in [-0.15, -0.1) is 0 Å². The molecule has 464 valence electrons. The summed E-state index contributed by atoms with van der Waals surface area (Å²) in [6, 6.07) is 16.0. The van der Waals surface area contributed by atoms with Gasteiger partial charge in [-0.2, -0.15) is 43.9 Å². The van der Waals surface area contributed by atoms with Gasteiger partial charge in [0.2, 0.25) is 5.91 Å². The first-order chi connectivity index (χ1) is 40.0. The molecule has 9 nitrogen and oxygen atoms in total. The average molecular weight is 1200 g/mol. The molecule has 85 heavy (non-hydrogen) atoms. The molecule has 0 spiro atoms. The fourth-order valence-electron chi connectivity index (χ4n) is 18.2. The van der Waals surface area contributed by atoms with E-state index in [9.17, 15) is 50.9 Å². The maximum Gasteiger partial charge on any atom is 0.456 e. The number of rotatable bonds is 8. The number of hydrogen-bond donors (Lipinski definition) is 3. The van der Waals surface area contributed by atoms with E-state index in [1.54, 1.807) is 19.1 Å². The van der Waals surface area contributed by atoms with Gasteiger partial charge in [0.25, 0.3) is 0 Å². The van der Waals surface area contributed by atoms with Crippen molar-refractivity contribution < 1.29 is 68.5 Å². The molecule has 1 amide bonds. The second-order valence-electron chi connectivity index (χ2n) is 26.9. The first-order valence-electron chi connectivity index (χ1n) is 30.9. The van der Waals surface area contributed by atoms with Crippen molar-refractivity contribution in [2.45, 2.75) is 184 Å². The van der Waals surface area contributed by atoms with E-state index in [1.807, 2.05) is 53.4 Å². The van der Waals surface area contributed by atoms with E-state index >= 15 is 17.6 Å². The van der Waals surface area contributed by atoms with Gasteiger partial charge in [-0.1, -0.05) is 73.5 Å². The Morgan fingerprint density at radius 2 is 0.988 bits per heavy atom. The predicted molar refractivity (Wildman–Crippen MR) is 300 cm³/mol. The van der Waals surface area contributed by atoms with Crippen LogP contribution in [0.5, 0.6) is 0 Å². The summed E-state index contributed by atoms with van der Waals surface area (Å²) >= 11 is 0. The maximum absolute atomic E-state index is 15.2. The van der Waals surface area contributed by atoms with E-state index in [0.717, 1.165) is 121 Å². The lowest BCUT2D eigenvalue weighted by atomic mass is 9.50. The van der Waals surface area contributed by atoms with Crippen molar-refractivity contribution >= 4 is 17.5 Å². The van der Waals surface area contributed by atoms with Gasteiger partial charge in [0, 0.05) is 94.8 Å². The molecule has 8 aliphatic carbocycles. The highest BCUT2D eigenvalue weighted by molar-refractivity contribution is 5.93. The lowest BCUT2D eigenvalue weighted by Gasteiger charge is -2.56. The number of hydrogen-bond acceptors (Lipinski definition) is 8. The second kappa shape index (κ2) is 22.7. The smallest absolute Gasteiger partial charge is 0.383 e. The van der Waals surface area contributed by atoms with Gasteiger partial charge >= 0.3 is 24.2 Å². The number of benzene rings is 2. The molecule has 2 saturated heterocycles. The third-order valence-electron chi connectivity index (χ3n) is 22.6. The topological polar surface area (TPSA) is 113 Å². The van der Waals surface area contributed by atoms with Crippen molar-refractivity contribution in [2.24, 2.45) is 34.5 Å². The zero-order valence-electron chi connectivity index (χ0n) is 48.9. The van der Waals surface area contributed by atoms with Crippen LogP contribution in [0.25, 0.3) is 0 Å². The Bertz CT molecular complexity index is 3040. The second-order valence-corrected chi connectivity index (χ2v) is 26.9. The van der Waals surface area contributed by atoms with Gasteiger partial charge in [-0.25, -0.2) is 0 Å². The van der Waals surface area contributed by atoms with Crippen molar-refractivity contribution in [3.05, 3.63) is 116 Å². The van der Waals surface area contributed by atoms with E-state index in [2.05, 4.69) is 15.1 Å². The normalized spacial score (nSPS) is 34.1. The highest BCUT2D eigenvalue weighted by atomic mass is 19.4. The minimum absolute atomic E-state index is 0.00748. The van der Waals surface area contributed by atoms with Gasteiger partial charge < -0.3 is 20.4 Å². The summed E-state index contributed by atoms with van der Waals surface area (Å²) in [7, 11) is 0. The Labute approximate surface area is 491 Å². The molecule has 4 saturated carbocycles. The number of allylic oxidation sites excluding steroid dienone is 8. The van der Waals surface area contributed by atoms with E-state index in [0.29, 0.717) is 64.5 Å². The molecule has 3 N–H and O–H groups in total. The third-order valence-corrected chi connectivity index (χ3v) is 22.6. The summed E-state index contributed by atoms with van der Waals surface area (Å²) < 4.78 is 143. The number of carbonyl (C=O) groups excluding carboxylic acids is 3. The van der Waals surface area contributed by atoms with Gasteiger partial charge in [0.05, 0.1) is 0 Å². The van der Waals surface area contributed by atoms with Gasteiger partial charge in [0.15, 0.2) is 11.6 Å². The van der Waals surface area contributed by atoms with Crippen LogP contribution in [0.4, 0.5) is 43.9 Å². The minimum Gasteiger partial charge on any atom is -0.383 e. The number of alkyl halides is 10. The standard InChI is InChI=1S/C34H41F5N2O3.C32H39F5N2O2/c1-21(42)41-15-3-14-40(16-17-41)20-22-4-6-23(7-5-22)28-19-31(2)29(12-13-32(31,44)33(35,36)34(37,38)39)27-10-8-24-18-25(43)9-11-26(24)30(27)28;1-29-18-26(21-5-3-20(4-6-21)19-39-15-2-13-38-14-16-39)28-24-10-8-23(40)17-22(24)7-9-25(28)27(29)11-12-30(29,41)31(33,34)32(35,36)37/h4-7,18,27-29,44H,3,8-17,19-20H2,1-2H3;3-6,17,25-27,38,41H,2,7-16,18-19H2,1H3/t27?,28-,29?,31+,32+;25?,26-,27?,29+,30+/m11/s1. The monoisotopic (exact) mass is 1200 g/mol. The molecule has 4 unspecified atom stereocenters. The zero-order chi connectivity index (χ0) is 60.9. The molecule has 6 fully saturated rings. The Hall–Kier alpha value is -4.69. The van der Waals surface area contributed by atoms with Crippen LogP contribution in [-0.2, 0) is 27.5 Å². The Morgan fingerprint density at radius 1 is 0.553 bits per heavy atom. The van der Waals surface area contributed by atoms with Crippen LogP contribution in [0, 0.1) is 34.5 Å². The molecule has 2 aromatic rings. The van der Waals surface area contributed by atoms with Crippen molar-refractivity contribution in [3.63, 3.8) is 0 Å². The minimum atomic E-state index is -5.86. The number of halogens is 10. The quantitative estimate of drug-likeness (QED) is 0.224. The van der Waals surface area contributed by atoms with Crippen LogP contribution in [0.3, 0.4) is 0 Å². The molecule has 2 aromatic carbocycles. The number of nitrogens with one attached hydrogen (secondary N) is 1. The van der Waals surface area contributed by atoms with Crippen molar-refractivity contribution in [1.29, 1.82) is 0 Å². The predicted octanol–water partition coefficient (Wildman–Crippen LogP) is 12.9. The van der Waals surface area contributed by atoms with Crippen LogP contribution < -0.4 is 5.32 Å². The summed E-state index contributed by atoms with van der Waals surface area (Å²) in [5.74, 6) is -12.6. The van der Waals surface area contributed by atoms with Gasteiger partial charge in [-0.05, 0) is 183 Å². The van der Waals surface area contributed by atoms with Crippen LogP contribution in [-0.4, -0.2) is 130 Å². The fourth-order valence-corrected chi connectivity index (χ4v) is 18.2. The number of nitrogens with zero attached hydrogens (tertiary/aromatic N) is 3. The van der Waals surface area contributed by atoms with Gasteiger partial charge in [-0.3, -0.25) is 24.2 Å². The van der Waals surface area contributed by atoms with Crippen molar-refractivity contribution in [1.82, 2.24) is 20.0 Å². The molecule has 0 radical (unpaired) electrons. The van der Waals surface area contributed by atoms with Gasteiger partial charge in [0.1, 0.15) is 11.2 Å². The molecule has 19 heteroatoms. The lowest BCUT2D eigenvalue weighted by molar-refractivity contribution is -0.362. The first kappa shape index (κ1) is 61.9. The Kier molecular flexibility index (Phi) is 16.6. The van der Waals surface area contributed by atoms with E-state index < -0.39 is 82.7 Å². The summed E-state index contributed by atoms with van der Waals surface area (Å²) in [6.45, 7) is 12.8. The molecular formula is C66H80F10N4O5. The largest absolute Gasteiger partial charge is 0.456 e. The molecule has 2 heterocycles. The van der Waals surface area contributed by atoms with Crippen LogP contribution in [0.15, 0.2) is 94.1 Å². The number of carbonyl (C=O) groups is 3. The van der Waals surface area contributed by atoms with E-state index in [-0.39, 0.29) is 55.0 Å². The molecule has 12 rings (SSSR count). The fraction of sp³-hybridized carbons (Fsp3) is 0.652. The van der Waals surface area contributed by atoms with Crippen LogP contribution in [0.1, 0.15) is 158 Å². The molecule has 0 bridgehead atoms. The highest BCUT2D eigenvalue weighted by Gasteiger charge is 2.80. The van der Waals surface area contributed by atoms with E-state index in [4.69, 9.17) is 0 Å². The van der Waals surface area contributed by atoms with Crippen LogP contribution in [0.2, 0.25) is 0 Å². The number of ketones is 2. The first-order valence-corrected chi connectivity index (χ1v) is 30.9. The SMILES string of the molecule is CC(=O)N1CCCN(Cc2ccc([C@H]3C[C@@]4(C)C(CC[C@@]4(O)C(F)(F)C(F)(F)F)C4CCC5=CC(=O)CCC5=C43)cc2)CC1.C[C@]12C[C@H](c3ccc(CN4CCCNCC4)cc3)C3=C4CCC(=O)C=C4CCC3C1CC[C@@]2(O)C(F)(F)C(F)(F)F. The van der Waals surface area contributed by atoms with E-state index in [1.165, 1.54) is 13.8 Å². The summed E-state index contributed by atoms with van der Waals surface area (Å²) in [4.78, 5) is 42.9. The summed E-state index contributed by atoms with van der Waals surface area (Å²) in [5, 5.41) is 26.3. The Morgan fingerprint density at radius 3 is 1.42 bits per heavy atom. The summed E-state index contributed by atoms with van der Waals surface area (Å²) in [6.07, 6.45) is -3.18. The summed E-state index contributed by atoms with van der Waals surface area (Å²) in [5.41, 5.74) is 0.474. The molecular weight excluding hydrogens is 1120 g/mol. The number of aliphatic hydroxyl groups is 2. The van der Waals surface area contributed by atoms with Crippen LogP contribution >= 0.6 is 0 Å². The highest BCUT2D eigenvalue weighted by Crippen LogP contribution is 2.72. The number of amides is 1. The van der Waals surface area contributed by atoms with Crippen molar-refractivity contribution in [2.75, 3.05) is 52.4 Å². The molecule has 10 atom stereocenters. The Balaban J connectivity index is 0.000000177. The average Bonchev–Trinajstić information content (AvgIpc) is 1.65.